The highest BCUT2D eigenvalue weighted by Crippen LogP contribution is 2.07. The first-order valence-corrected chi connectivity index (χ1v) is 9.26. The summed E-state index contributed by atoms with van der Waals surface area (Å²) in [5.74, 6) is 0.854. The highest BCUT2D eigenvalue weighted by atomic mass is 127. The molecule has 0 aliphatic heterocycles. The summed E-state index contributed by atoms with van der Waals surface area (Å²) in [6.07, 6.45) is 5.70. The van der Waals surface area contributed by atoms with Crippen molar-refractivity contribution in [2.75, 3.05) is 27.2 Å². The molecule has 0 saturated heterocycles. The van der Waals surface area contributed by atoms with Gasteiger partial charge in [0.25, 0.3) is 0 Å². The van der Waals surface area contributed by atoms with Crippen LogP contribution in [0.2, 0.25) is 0 Å². The smallest absolute Gasteiger partial charge is 0.190 e. The summed E-state index contributed by atoms with van der Waals surface area (Å²) in [5.41, 5.74) is 2.58. The summed E-state index contributed by atoms with van der Waals surface area (Å²) in [7, 11) is 3.99. The molecule has 0 saturated carbocycles. The van der Waals surface area contributed by atoms with E-state index >= 15 is 0 Å². The normalized spacial score (nSPS) is 12.4. The molecule has 6 heteroatoms. The Morgan fingerprint density at radius 3 is 2.44 bits per heavy atom. The largest absolute Gasteiger partial charge is 0.356 e. The minimum atomic E-state index is 0. The Morgan fingerprint density at radius 1 is 1.07 bits per heavy atom. The lowest BCUT2D eigenvalue weighted by Crippen LogP contribution is -2.40. The first-order valence-electron chi connectivity index (χ1n) is 9.26. The summed E-state index contributed by atoms with van der Waals surface area (Å²) in [5, 5.41) is 6.76. The van der Waals surface area contributed by atoms with Gasteiger partial charge in [-0.2, -0.15) is 0 Å². The third-order valence-corrected chi connectivity index (χ3v) is 4.53. The van der Waals surface area contributed by atoms with E-state index in [-0.39, 0.29) is 24.0 Å². The molecule has 0 amide bonds. The van der Waals surface area contributed by atoms with E-state index in [9.17, 15) is 0 Å². The zero-order chi connectivity index (χ0) is 18.6. The molecule has 148 valence electrons. The van der Waals surface area contributed by atoms with E-state index in [4.69, 9.17) is 0 Å². The molecule has 1 heterocycles. The monoisotopic (exact) mass is 481 g/mol. The highest BCUT2D eigenvalue weighted by Gasteiger charge is 2.09. The summed E-state index contributed by atoms with van der Waals surface area (Å²) < 4.78 is 0. The number of hydrogen-bond donors (Lipinski definition) is 2. The first-order chi connectivity index (χ1) is 12.7. The number of benzene rings is 1. The fraction of sp³-hybridized carbons (Fsp3) is 0.429. The lowest BCUT2D eigenvalue weighted by molar-refractivity contribution is 0.238. The van der Waals surface area contributed by atoms with E-state index in [0.717, 1.165) is 38.4 Å². The van der Waals surface area contributed by atoms with Crippen molar-refractivity contribution in [1.82, 2.24) is 20.5 Å². The Morgan fingerprint density at radius 2 is 1.78 bits per heavy atom. The quantitative estimate of drug-likeness (QED) is 0.328. The Labute approximate surface area is 180 Å². The summed E-state index contributed by atoms with van der Waals surface area (Å²) in [6.45, 7) is 4.98. The zero-order valence-corrected chi connectivity index (χ0v) is 18.9. The Bertz CT molecular complexity index is 648. The van der Waals surface area contributed by atoms with Crippen molar-refractivity contribution < 1.29 is 0 Å². The highest BCUT2D eigenvalue weighted by molar-refractivity contribution is 14.0. The lowest BCUT2D eigenvalue weighted by Gasteiger charge is -2.25. The number of aliphatic imine (C=N–C) groups is 1. The molecule has 2 rings (SSSR count). The molecule has 1 aromatic heterocycles. The molecule has 0 aliphatic rings. The van der Waals surface area contributed by atoms with Crippen molar-refractivity contribution in [2.45, 2.75) is 32.4 Å². The number of halogens is 1. The zero-order valence-electron chi connectivity index (χ0n) is 16.6. The van der Waals surface area contributed by atoms with Crippen LogP contribution < -0.4 is 10.6 Å². The van der Waals surface area contributed by atoms with Crippen LogP contribution in [0.3, 0.4) is 0 Å². The number of rotatable bonds is 9. The van der Waals surface area contributed by atoms with Gasteiger partial charge in [0, 0.05) is 45.1 Å². The second-order valence-electron chi connectivity index (χ2n) is 6.58. The van der Waals surface area contributed by atoms with E-state index < -0.39 is 0 Å². The average molecular weight is 481 g/mol. The number of nitrogens with zero attached hydrogens (tertiary/aromatic N) is 3. The second-order valence-corrected chi connectivity index (χ2v) is 6.58. The summed E-state index contributed by atoms with van der Waals surface area (Å²) in [4.78, 5) is 10.8. The Balaban J connectivity index is 0.00000364. The van der Waals surface area contributed by atoms with Crippen molar-refractivity contribution in [3.63, 3.8) is 0 Å². The fourth-order valence-electron chi connectivity index (χ4n) is 2.74. The number of pyridine rings is 1. The molecule has 0 radical (unpaired) electrons. The third kappa shape index (κ3) is 9.19. The number of guanidine groups is 1. The van der Waals surface area contributed by atoms with Crippen LogP contribution >= 0.6 is 24.0 Å². The van der Waals surface area contributed by atoms with E-state index in [1.807, 2.05) is 19.3 Å². The molecule has 5 nitrogen and oxygen atoms in total. The molecule has 0 spiro atoms. The Kier molecular flexibility index (Phi) is 11.7. The van der Waals surface area contributed by atoms with Crippen molar-refractivity contribution in [1.29, 1.82) is 0 Å². The van der Waals surface area contributed by atoms with Crippen molar-refractivity contribution in [3.8, 4) is 0 Å². The molecule has 0 aliphatic carbocycles. The first kappa shape index (κ1) is 23.4. The number of nitrogens with one attached hydrogen (secondary N) is 2. The van der Waals surface area contributed by atoms with Crippen LogP contribution in [0.4, 0.5) is 0 Å². The molecule has 1 aromatic carbocycles. The van der Waals surface area contributed by atoms with Gasteiger partial charge in [-0.3, -0.25) is 14.9 Å². The predicted octanol–water partition coefficient (Wildman–Crippen LogP) is 3.32. The van der Waals surface area contributed by atoms with Crippen LogP contribution in [-0.2, 0) is 13.0 Å². The average Bonchev–Trinajstić information content (AvgIpc) is 2.68. The second kappa shape index (κ2) is 13.5. The van der Waals surface area contributed by atoms with Crippen LogP contribution in [0.15, 0.2) is 59.9 Å². The minimum absolute atomic E-state index is 0. The van der Waals surface area contributed by atoms with E-state index in [1.54, 1.807) is 6.20 Å². The molecule has 27 heavy (non-hydrogen) atoms. The van der Waals surface area contributed by atoms with Gasteiger partial charge >= 0.3 is 0 Å². The SMILES string of the molecule is CN=C(NCCc1cccnc1)NCCC(C)N(C)Cc1ccccc1.I. The van der Waals surface area contributed by atoms with Crippen LogP contribution in [0, 0.1) is 0 Å². The molecule has 1 atom stereocenters. The number of hydrogen-bond acceptors (Lipinski definition) is 3. The van der Waals surface area contributed by atoms with Gasteiger partial charge in [0.1, 0.15) is 0 Å². The maximum Gasteiger partial charge on any atom is 0.190 e. The number of aromatic nitrogens is 1. The van der Waals surface area contributed by atoms with Crippen molar-refractivity contribution >= 4 is 29.9 Å². The minimum Gasteiger partial charge on any atom is -0.356 e. The topological polar surface area (TPSA) is 52.6 Å². The molecular weight excluding hydrogens is 449 g/mol. The molecule has 2 N–H and O–H groups in total. The van der Waals surface area contributed by atoms with Crippen molar-refractivity contribution in [3.05, 3.63) is 66.0 Å². The molecule has 0 fully saturated rings. The van der Waals surface area contributed by atoms with E-state index in [0.29, 0.717) is 6.04 Å². The fourth-order valence-corrected chi connectivity index (χ4v) is 2.74. The van der Waals surface area contributed by atoms with Crippen molar-refractivity contribution in [2.24, 2.45) is 4.99 Å². The van der Waals surface area contributed by atoms with Gasteiger partial charge in [-0.05, 0) is 44.0 Å². The molecule has 2 aromatic rings. The molecule has 0 bridgehead atoms. The maximum atomic E-state index is 4.29. The lowest BCUT2D eigenvalue weighted by atomic mass is 10.1. The van der Waals surface area contributed by atoms with Crippen LogP contribution in [0.1, 0.15) is 24.5 Å². The van der Waals surface area contributed by atoms with Gasteiger partial charge < -0.3 is 10.6 Å². The third-order valence-electron chi connectivity index (χ3n) is 4.53. The van der Waals surface area contributed by atoms with Crippen LogP contribution in [-0.4, -0.2) is 49.1 Å². The van der Waals surface area contributed by atoms with Gasteiger partial charge in [0.2, 0.25) is 0 Å². The van der Waals surface area contributed by atoms with Gasteiger partial charge in [0.05, 0.1) is 0 Å². The van der Waals surface area contributed by atoms with Gasteiger partial charge in [-0.1, -0.05) is 36.4 Å². The van der Waals surface area contributed by atoms with E-state index in [2.05, 4.69) is 75.9 Å². The van der Waals surface area contributed by atoms with E-state index in [1.165, 1.54) is 11.1 Å². The van der Waals surface area contributed by atoms with Crippen LogP contribution in [0.5, 0.6) is 0 Å². The Hall–Kier alpha value is -1.67. The summed E-state index contributed by atoms with van der Waals surface area (Å²) in [6, 6.07) is 15.2. The molecular formula is C21H32IN5. The van der Waals surface area contributed by atoms with Gasteiger partial charge in [-0.15, -0.1) is 24.0 Å². The maximum absolute atomic E-state index is 4.29. The van der Waals surface area contributed by atoms with Crippen LogP contribution in [0.25, 0.3) is 0 Å². The molecule has 1 unspecified atom stereocenters. The summed E-state index contributed by atoms with van der Waals surface area (Å²) >= 11 is 0. The van der Waals surface area contributed by atoms with Gasteiger partial charge in [-0.25, -0.2) is 0 Å². The van der Waals surface area contributed by atoms with Gasteiger partial charge in [0.15, 0.2) is 5.96 Å². The standard InChI is InChI=1S/C21H31N5.HI/c1-18(26(3)17-20-8-5-4-6-9-20)11-14-24-21(22-2)25-15-12-19-10-7-13-23-16-19;/h4-10,13,16,18H,11-12,14-15,17H2,1-3H3,(H2,22,24,25);1H. The predicted molar refractivity (Wildman–Crippen MR) is 125 cm³/mol.